The van der Waals surface area contributed by atoms with Crippen LogP contribution in [0.25, 0.3) is 0 Å². The van der Waals surface area contributed by atoms with Gasteiger partial charge < -0.3 is 9.16 Å². The van der Waals surface area contributed by atoms with Crippen molar-refractivity contribution in [1.29, 1.82) is 0 Å². The Labute approximate surface area is 156 Å². The van der Waals surface area contributed by atoms with Crippen LogP contribution in [-0.4, -0.2) is 32.9 Å². The van der Waals surface area contributed by atoms with Crippen molar-refractivity contribution in [3.05, 3.63) is 12.7 Å². The van der Waals surface area contributed by atoms with Crippen LogP contribution < -0.4 is 0 Å². The zero-order chi connectivity index (χ0) is 19.2. The van der Waals surface area contributed by atoms with E-state index in [0.29, 0.717) is 23.2 Å². The molecule has 1 heterocycles. The van der Waals surface area contributed by atoms with Crippen molar-refractivity contribution in [2.45, 2.75) is 103 Å². The zero-order valence-electron chi connectivity index (χ0n) is 17.5. The predicted molar refractivity (Wildman–Crippen MR) is 108 cm³/mol. The second kappa shape index (κ2) is 10.0. The monoisotopic (exact) mass is 368 g/mol. The summed E-state index contributed by atoms with van der Waals surface area (Å²) < 4.78 is 12.9. The highest BCUT2D eigenvalue weighted by Gasteiger charge is 2.45. The normalized spacial score (nSPS) is 25.0. The Hall–Kier alpha value is -0.453. The van der Waals surface area contributed by atoms with Gasteiger partial charge in [-0.05, 0) is 49.2 Å². The maximum Gasteiger partial charge on any atom is 0.200 e. The molecule has 1 rings (SSSR count). The molecule has 1 aliphatic heterocycles. The van der Waals surface area contributed by atoms with E-state index >= 15 is 0 Å². The van der Waals surface area contributed by atoms with E-state index in [4.69, 9.17) is 9.16 Å². The van der Waals surface area contributed by atoms with Gasteiger partial charge in [-0.2, -0.15) is 0 Å². The molecular weight excluding hydrogens is 328 g/mol. The van der Waals surface area contributed by atoms with Crippen LogP contribution in [0.4, 0.5) is 0 Å². The molecule has 0 spiro atoms. The van der Waals surface area contributed by atoms with Gasteiger partial charge in [0.25, 0.3) is 0 Å². The van der Waals surface area contributed by atoms with Crippen molar-refractivity contribution in [2.24, 2.45) is 5.92 Å². The number of hydrogen-bond acceptors (Lipinski definition) is 3. The Morgan fingerprint density at radius 1 is 1.16 bits per heavy atom. The maximum atomic E-state index is 12.0. The highest BCUT2D eigenvalue weighted by Crippen LogP contribution is 2.42. The molecule has 0 aliphatic carbocycles. The van der Waals surface area contributed by atoms with Crippen LogP contribution in [0.5, 0.6) is 0 Å². The van der Waals surface area contributed by atoms with Gasteiger partial charge in [0.2, 0.25) is 0 Å². The van der Waals surface area contributed by atoms with Crippen LogP contribution >= 0.6 is 0 Å². The van der Waals surface area contributed by atoms with Gasteiger partial charge in [0.1, 0.15) is 5.78 Å². The molecule has 1 fully saturated rings. The molecule has 0 aromatic rings. The van der Waals surface area contributed by atoms with Crippen molar-refractivity contribution in [3.8, 4) is 0 Å². The third kappa shape index (κ3) is 5.51. The lowest BCUT2D eigenvalue weighted by Gasteiger charge is -2.43. The van der Waals surface area contributed by atoms with Crippen LogP contribution in [0, 0.1) is 5.92 Å². The molecule has 0 bridgehead atoms. The predicted octanol–water partition coefficient (Wildman–Crippen LogP) is 5.90. The largest absolute Gasteiger partial charge is 0.416 e. The van der Waals surface area contributed by atoms with Gasteiger partial charge in [0, 0.05) is 12.5 Å². The van der Waals surface area contributed by atoms with Crippen LogP contribution in [-0.2, 0) is 14.0 Å². The second-order valence-electron chi connectivity index (χ2n) is 8.57. The van der Waals surface area contributed by atoms with Crippen LogP contribution in [0.3, 0.4) is 0 Å². The van der Waals surface area contributed by atoms with Gasteiger partial charge >= 0.3 is 0 Å². The standard InChI is InChI=1S/C21H40O3Si/c1-9-10-19-11-12-20(18(8)22)21(24-19)13-14-23-25(15(2)3,16(4)5)17(6)7/h9,15-17,19-21H,1,10-14H2,2-8H3/t19-,20+,21+/m1/s1. The summed E-state index contributed by atoms with van der Waals surface area (Å²) in [5.41, 5.74) is 1.74. The fourth-order valence-corrected chi connectivity index (χ4v) is 10.4. The first-order valence-corrected chi connectivity index (χ1v) is 12.2. The molecule has 25 heavy (non-hydrogen) atoms. The smallest absolute Gasteiger partial charge is 0.200 e. The van der Waals surface area contributed by atoms with E-state index in [9.17, 15) is 4.79 Å². The quantitative estimate of drug-likeness (QED) is 0.356. The van der Waals surface area contributed by atoms with Crippen LogP contribution in [0.15, 0.2) is 12.7 Å². The number of ketones is 1. The fraction of sp³-hybridized carbons (Fsp3) is 0.857. The van der Waals surface area contributed by atoms with Gasteiger partial charge in [0.05, 0.1) is 12.2 Å². The van der Waals surface area contributed by atoms with Crippen molar-refractivity contribution in [1.82, 2.24) is 0 Å². The summed E-state index contributed by atoms with van der Waals surface area (Å²) in [5, 5.41) is 0. The molecular formula is C21H40O3Si. The molecule has 4 heteroatoms. The molecule has 146 valence electrons. The first-order chi connectivity index (χ1) is 11.7. The molecule has 0 aromatic carbocycles. The SMILES string of the molecule is C=CC[C@@H]1CC[C@@H](C(C)=O)[C@H](CCO[Si](C(C)C)(C(C)C)C(C)C)O1. The molecule has 1 saturated heterocycles. The van der Waals surface area contributed by atoms with E-state index in [1.165, 1.54) is 0 Å². The first-order valence-electron chi connectivity index (χ1n) is 10.1. The molecule has 0 amide bonds. The average molecular weight is 369 g/mol. The minimum absolute atomic E-state index is 0.00520. The third-order valence-electron chi connectivity index (χ3n) is 6.03. The summed E-state index contributed by atoms with van der Waals surface area (Å²) in [5.74, 6) is 0.278. The van der Waals surface area contributed by atoms with Gasteiger partial charge in [-0.1, -0.05) is 47.6 Å². The Bertz CT molecular complexity index is 409. The van der Waals surface area contributed by atoms with Gasteiger partial charge in [-0.15, -0.1) is 6.58 Å². The summed E-state index contributed by atoms with van der Waals surface area (Å²) >= 11 is 0. The summed E-state index contributed by atoms with van der Waals surface area (Å²) in [7, 11) is -1.85. The summed E-state index contributed by atoms with van der Waals surface area (Å²) in [6.45, 7) is 20.1. The van der Waals surface area contributed by atoms with Crippen molar-refractivity contribution in [2.75, 3.05) is 6.61 Å². The number of ether oxygens (including phenoxy) is 1. The minimum atomic E-state index is -1.85. The summed E-state index contributed by atoms with van der Waals surface area (Å²) in [6.07, 6.45) is 5.69. The molecule has 0 radical (unpaired) electrons. The average Bonchev–Trinajstić information content (AvgIpc) is 2.50. The summed E-state index contributed by atoms with van der Waals surface area (Å²) in [4.78, 5) is 12.0. The van der Waals surface area contributed by atoms with E-state index in [1.54, 1.807) is 6.92 Å². The number of Topliss-reactive ketones (excluding diaryl/α,β-unsaturated/α-hetero) is 1. The van der Waals surface area contributed by atoms with Crippen molar-refractivity contribution >= 4 is 14.1 Å². The molecule has 0 aromatic heterocycles. The lowest BCUT2D eigenvalue weighted by Crippen LogP contribution is -2.48. The van der Waals surface area contributed by atoms with E-state index in [2.05, 4.69) is 48.1 Å². The molecule has 0 saturated carbocycles. The minimum Gasteiger partial charge on any atom is -0.416 e. The molecule has 3 atom stereocenters. The zero-order valence-corrected chi connectivity index (χ0v) is 18.5. The van der Waals surface area contributed by atoms with E-state index in [0.717, 1.165) is 25.7 Å². The van der Waals surface area contributed by atoms with E-state index in [-0.39, 0.29) is 23.9 Å². The van der Waals surface area contributed by atoms with Gasteiger partial charge in [-0.3, -0.25) is 4.79 Å². The first kappa shape index (κ1) is 22.6. The Kier molecular flexibility index (Phi) is 9.06. The van der Waals surface area contributed by atoms with Crippen LogP contribution in [0.1, 0.15) is 74.1 Å². The van der Waals surface area contributed by atoms with Crippen molar-refractivity contribution < 1.29 is 14.0 Å². The molecule has 3 nitrogen and oxygen atoms in total. The Morgan fingerprint density at radius 2 is 1.72 bits per heavy atom. The van der Waals surface area contributed by atoms with Crippen molar-refractivity contribution in [3.63, 3.8) is 0 Å². The molecule has 0 N–H and O–H groups in total. The lowest BCUT2D eigenvalue weighted by molar-refractivity contribution is -0.137. The lowest BCUT2D eigenvalue weighted by atomic mass is 9.86. The summed E-state index contributed by atoms with van der Waals surface area (Å²) in [6, 6.07) is 0. The van der Waals surface area contributed by atoms with E-state index in [1.807, 2.05) is 6.08 Å². The second-order valence-corrected chi connectivity index (χ2v) is 14.0. The number of carbonyl (C=O) groups excluding carboxylic acids is 1. The number of carbonyl (C=O) groups is 1. The van der Waals surface area contributed by atoms with Gasteiger partial charge in [0.15, 0.2) is 8.32 Å². The topological polar surface area (TPSA) is 35.5 Å². The number of hydrogen-bond donors (Lipinski definition) is 0. The Balaban J connectivity index is 2.77. The van der Waals surface area contributed by atoms with Gasteiger partial charge in [-0.25, -0.2) is 0 Å². The third-order valence-corrected chi connectivity index (χ3v) is 12.1. The molecule has 0 unspecified atom stereocenters. The van der Waals surface area contributed by atoms with Crippen LogP contribution in [0.2, 0.25) is 16.6 Å². The number of rotatable bonds is 10. The fourth-order valence-electron chi connectivity index (χ4n) is 4.91. The maximum absolute atomic E-state index is 12.0. The van der Waals surface area contributed by atoms with E-state index < -0.39 is 8.32 Å². The Morgan fingerprint density at radius 3 is 2.16 bits per heavy atom. The molecule has 1 aliphatic rings. The highest BCUT2D eigenvalue weighted by molar-refractivity contribution is 6.77. The highest BCUT2D eigenvalue weighted by atomic mass is 28.4.